The lowest BCUT2D eigenvalue weighted by Crippen LogP contribution is -2.34. The van der Waals surface area contributed by atoms with Crippen molar-refractivity contribution < 1.29 is 0 Å². The highest BCUT2D eigenvalue weighted by molar-refractivity contribution is 7.09. The van der Waals surface area contributed by atoms with Crippen molar-refractivity contribution in [1.82, 2.24) is 4.90 Å². The molecular formula is C11H16ClNS. The molecule has 1 saturated carbocycles. The number of rotatable bonds is 4. The molecule has 0 N–H and O–H groups in total. The van der Waals surface area contributed by atoms with Crippen LogP contribution in [0.15, 0.2) is 17.5 Å². The van der Waals surface area contributed by atoms with E-state index in [4.69, 9.17) is 11.6 Å². The van der Waals surface area contributed by atoms with E-state index < -0.39 is 0 Å². The molecule has 14 heavy (non-hydrogen) atoms. The van der Waals surface area contributed by atoms with Crippen LogP contribution in [0.1, 0.15) is 17.7 Å². The van der Waals surface area contributed by atoms with Crippen molar-refractivity contribution in [3.05, 3.63) is 22.4 Å². The predicted octanol–water partition coefficient (Wildman–Crippen LogP) is 3.20. The van der Waals surface area contributed by atoms with Gasteiger partial charge in [-0.2, -0.15) is 0 Å². The fourth-order valence-corrected chi connectivity index (χ4v) is 3.27. The van der Waals surface area contributed by atoms with Crippen LogP contribution in [0.4, 0.5) is 0 Å². The highest BCUT2D eigenvalue weighted by Gasteiger charge is 2.27. The third kappa shape index (κ3) is 2.72. The Morgan fingerprint density at radius 2 is 2.36 bits per heavy atom. The van der Waals surface area contributed by atoms with Crippen molar-refractivity contribution in [2.75, 3.05) is 13.6 Å². The van der Waals surface area contributed by atoms with Gasteiger partial charge in [-0.15, -0.1) is 22.9 Å². The molecule has 0 amide bonds. The molecule has 0 atom stereocenters. The minimum absolute atomic E-state index is 0.454. The standard InChI is InChI=1S/C11H16ClNS/c1-13(7-9-5-10(12)6-9)8-11-3-2-4-14-11/h2-4,9-10H,5-8H2,1H3. The molecule has 1 aliphatic rings. The second kappa shape index (κ2) is 4.65. The van der Waals surface area contributed by atoms with Crippen molar-refractivity contribution in [3.63, 3.8) is 0 Å². The Kier molecular flexibility index (Phi) is 3.47. The molecule has 0 radical (unpaired) electrons. The Labute approximate surface area is 94.7 Å². The Morgan fingerprint density at radius 3 is 2.93 bits per heavy atom. The molecule has 1 nitrogen and oxygen atoms in total. The number of hydrogen-bond acceptors (Lipinski definition) is 2. The molecule has 1 aliphatic carbocycles. The summed E-state index contributed by atoms with van der Waals surface area (Å²) in [5.41, 5.74) is 0. The lowest BCUT2D eigenvalue weighted by atomic mass is 9.84. The molecule has 78 valence electrons. The molecule has 1 aromatic heterocycles. The summed E-state index contributed by atoms with van der Waals surface area (Å²) in [7, 11) is 2.20. The summed E-state index contributed by atoms with van der Waals surface area (Å²) in [6.45, 7) is 2.28. The molecule has 1 fully saturated rings. The van der Waals surface area contributed by atoms with Crippen LogP contribution in [0, 0.1) is 5.92 Å². The summed E-state index contributed by atoms with van der Waals surface area (Å²) in [5.74, 6) is 0.836. The van der Waals surface area contributed by atoms with E-state index >= 15 is 0 Å². The molecule has 0 aliphatic heterocycles. The van der Waals surface area contributed by atoms with Gasteiger partial charge in [-0.1, -0.05) is 6.07 Å². The number of nitrogens with zero attached hydrogens (tertiary/aromatic N) is 1. The van der Waals surface area contributed by atoms with E-state index in [-0.39, 0.29) is 0 Å². The first-order valence-corrected chi connectivity index (χ1v) is 6.40. The lowest BCUT2D eigenvalue weighted by Gasteiger charge is -2.34. The summed E-state index contributed by atoms with van der Waals surface area (Å²) in [6.07, 6.45) is 2.41. The summed E-state index contributed by atoms with van der Waals surface area (Å²) in [4.78, 5) is 3.86. The minimum atomic E-state index is 0.454. The van der Waals surface area contributed by atoms with Crippen LogP contribution < -0.4 is 0 Å². The third-order valence-corrected chi connectivity index (χ3v) is 3.97. The van der Waals surface area contributed by atoms with Crippen molar-refractivity contribution >= 4 is 22.9 Å². The summed E-state index contributed by atoms with van der Waals surface area (Å²) >= 11 is 7.79. The van der Waals surface area contributed by atoms with Crippen molar-refractivity contribution in [1.29, 1.82) is 0 Å². The molecule has 0 unspecified atom stereocenters. The van der Waals surface area contributed by atoms with Gasteiger partial charge in [0.25, 0.3) is 0 Å². The van der Waals surface area contributed by atoms with E-state index in [1.54, 1.807) is 0 Å². The van der Waals surface area contributed by atoms with E-state index in [1.165, 1.54) is 24.3 Å². The monoisotopic (exact) mass is 229 g/mol. The van der Waals surface area contributed by atoms with Gasteiger partial charge in [0.1, 0.15) is 0 Å². The summed E-state index contributed by atoms with van der Waals surface area (Å²) < 4.78 is 0. The fourth-order valence-electron chi connectivity index (χ4n) is 1.98. The highest BCUT2D eigenvalue weighted by Crippen LogP contribution is 2.32. The average molecular weight is 230 g/mol. The number of alkyl halides is 1. The maximum Gasteiger partial charge on any atom is 0.0342 e. The maximum atomic E-state index is 5.95. The van der Waals surface area contributed by atoms with Crippen LogP contribution in [-0.2, 0) is 6.54 Å². The van der Waals surface area contributed by atoms with E-state index in [1.807, 2.05) is 11.3 Å². The van der Waals surface area contributed by atoms with Gasteiger partial charge >= 0.3 is 0 Å². The molecule has 0 spiro atoms. The second-order valence-corrected chi connectivity index (χ2v) is 5.86. The quantitative estimate of drug-likeness (QED) is 0.717. The van der Waals surface area contributed by atoms with E-state index in [2.05, 4.69) is 29.5 Å². The van der Waals surface area contributed by atoms with Crippen molar-refractivity contribution in [3.8, 4) is 0 Å². The van der Waals surface area contributed by atoms with Crippen LogP contribution >= 0.6 is 22.9 Å². The minimum Gasteiger partial charge on any atom is -0.301 e. The first-order chi connectivity index (χ1) is 6.74. The van der Waals surface area contributed by atoms with Crippen molar-refractivity contribution in [2.24, 2.45) is 5.92 Å². The first-order valence-electron chi connectivity index (χ1n) is 5.09. The average Bonchev–Trinajstić information content (AvgIpc) is 2.54. The Hall–Kier alpha value is -0.0500. The molecular weight excluding hydrogens is 214 g/mol. The van der Waals surface area contributed by atoms with Gasteiger partial charge in [-0.25, -0.2) is 0 Å². The molecule has 0 bridgehead atoms. The normalized spacial score (nSPS) is 26.5. The Balaban J connectivity index is 1.71. The van der Waals surface area contributed by atoms with Gasteiger partial charge in [0.2, 0.25) is 0 Å². The van der Waals surface area contributed by atoms with E-state index in [0.717, 1.165) is 12.5 Å². The van der Waals surface area contributed by atoms with Gasteiger partial charge < -0.3 is 4.90 Å². The topological polar surface area (TPSA) is 3.24 Å². The molecule has 1 aromatic rings. The largest absolute Gasteiger partial charge is 0.301 e. The zero-order valence-electron chi connectivity index (χ0n) is 8.45. The van der Waals surface area contributed by atoms with Crippen LogP contribution in [-0.4, -0.2) is 23.9 Å². The zero-order valence-corrected chi connectivity index (χ0v) is 10.0. The Bertz CT molecular complexity index is 267. The van der Waals surface area contributed by atoms with Crippen LogP contribution in [0.5, 0.6) is 0 Å². The second-order valence-electron chi connectivity index (χ2n) is 4.21. The van der Waals surface area contributed by atoms with Crippen LogP contribution in [0.2, 0.25) is 0 Å². The van der Waals surface area contributed by atoms with Crippen molar-refractivity contribution in [2.45, 2.75) is 24.8 Å². The number of halogens is 1. The summed E-state index contributed by atoms with van der Waals surface area (Å²) in [6, 6.07) is 4.32. The molecule has 0 aromatic carbocycles. The van der Waals surface area contributed by atoms with Gasteiger partial charge in [0.05, 0.1) is 0 Å². The molecule has 3 heteroatoms. The van der Waals surface area contributed by atoms with E-state index in [9.17, 15) is 0 Å². The Morgan fingerprint density at radius 1 is 1.57 bits per heavy atom. The smallest absolute Gasteiger partial charge is 0.0342 e. The number of hydrogen-bond donors (Lipinski definition) is 0. The SMILES string of the molecule is CN(Cc1cccs1)CC1CC(Cl)C1. The van der Waals surface area contributed by atoms with Crippen LogP contribution in [0.25, 0.3) is 0 Å². The maximum absolute atomic E-state index is 5.95. The highest BCUT2D eigenvalue weighted by atomic mass is 35.5. The van der Waals surface area contributed by atoms with Gasteiger partial charge in [-0.3, -0.25) is 0 Å². The summed E-state index contributed by atoms with van der Waals surface area (Å²) in [5, 5.41) is 2.59. The molecule has 2 rings (SSSR count). The van der Waals surface area contributed by atoms with Crippen LogP contribution in [0.3, 0.4) is 0 Å². The van der Waals surface area contributed by atoms with Gasteiger partial charge in [-0.05, 0) is 37.3 Å². The van der Waals surface area contributed by atoms with Gasteiger partial charge in [0, 0.05) is 23.3 Å². The third-order valence-electron chi connectivity index (χ3n) is 2.75. The lowest BCUT2D eigenvalue weighted by molar-refractivity contribution is 0.205. The zero-order chi connectivity index (χ0) is 9.97. The molecule has 1 heterocycles. The number of thiophene rings is 1. The predicted molar refractivity (Wildman–Crippen MR) is 63.0 cm³/mol. The van der Waals surface area contributed by atoms with Gasteiger partial charge in [0.15, 0.2) is 0 Å². The van der Waals surface area contributed by atoms with E-state index in [0.29, 0.717) is 5.38 Å². The molecule has 0 saturated heterocycles. The first kappa shape index (κ1) is 10.5. The fraction of sp³-hybridized carbons (Fsp3) is 0.636.